The van der Waals surface area contributed by atoms with E-state index in [9.17, 15) is 4.39 Å². The minimum Gasteiger partial charge on any atom is -0.496 e. The molecule has 94 valence electrons. The first-order chi connectivity index (χ1) is 8.20. The van der Waals surface area contributed by atoms with Crippen LogP contribution in [-0.2, 0) is 11.2 Å². The number of nitrogens with two attached hydrogens (primary N) is 1. The maximum absolute atomic E-state index is 13.2. The largest absolute Gasteiger partial charge is 0.496 e. The van der Waals surface area contributed by atoms with Crippen molar-refractivity contribution in [3.8, 4) is 5.75 Å². The summed E-state index contributed by atoms with van der Waals surface area (Å²) in [4.78, 5) is 0. The van der Waals surface area contributed by atoms with Gasteiger partial charge in [0.25, 0.3) is 0 Å². The minimum absolute atomic E-state index is 0.122. The third kappa shape index (κ3) is 2.96. The second-order valence-electron chi connectivity index (χ2n) is 4.45. The van der Waals surface area contributed by atoms with Gasteiger partial charge in [-0.15, -0.1) is 0 Å². The zero-order valence-corrected chi connectivity index (χ0v) is 9.99. The number of ether oxygens (including phenoxy) is 2. The van der Waals surface area contributed by atoms with Gasteiger partial charge in [-0.25, -0.2) is 4.39 Å². The highest BCUT2D eigenvalue weighted by atomic mass is 19.1. The van der Waals surface area contributed by atoms with Crippen LogP contribution in [0.5, 0.6) is 5.75 Å². The van der Waals surface area contributed by atoms with Crippen LogP contribution < -0.4 is 10.5 Å². The number of benzene rings is 1. The van der Waals surface area contributed by atoms with E-state index in [-0.39, 0.29) is 17.8 Å². The van der Waals surface area contributed by atoms with Gasteiger partial charge in [0.1, 0.15) is 11.6 Å². The topological polar surface area (TPSA) is 44.5 Å². The first-order valence-electron chi connectivity index (χ1n) is 5.86. The van der Waals surface area contributed by atoms with E-state index in [1.165, 1.54) is 12.1 Å². The Morgan fingerprint density at radius 3 is 3.06 bits per heavy atom. The number of rotatable bonds is 3. The van der Waals surface area contributed by atoms with Crippen molar-refractivity contribution in [1.82, 2.24) is 0 Å². The summed E-state index contributed by atoms with van der Waals surface area (Å²) in [6.45, 7) is 1.36. The van der Waals surface area contributed by atoms with Gasteiger partial charge in [-0.3, -0.25) is 0 Å². The van der Waals surface area contributed by atoms with Crippen LogP contribution in [-0.4, -0.2) is 26.4 Å². The van der Waals surface area contributed by atoms with Crippen molar-refractivity contribution < 1.29 is 13.9 Å². The molecule has 2 atom stereocenters. The molecule has 1 aliphatic rings. The Balaban J connectivity index is 2.13. The SMILES string of the molecule is COc1ccc(F)cc1CC1COCCC1N. The highest BCUT2D eigenvalue weighted by Gasteiger charge is 2.23. The van der Waals surface area contributed by atoms with Gasteiger partial charge in [0.15, 0.2) is 0 Å². The molecule has 1 aromatic rings. The Kier molecular flexibility index (Phi) is 3.97. The smallest absolute Gasteiger partial charge is 0.123 e. The fourth-order valence-electron chi connectivity index (χ4n) is 2.21. The fraction of sp³-hybridized carbons (Fsp3) is 0.538. The predicted molar refractivity (Wildman–Crippen MR) is 63.6 cm³/mol. The van der Waals surface area contributed by atoms with Crippen LogP contribution in [0.2, 0.25) is 0 Å². The average Bonchev–Trinajstić information content (AvgIpc) is 2.32. The predicted octanol–water partition coefficient (Wildman–Crippen LogP) is 1.74. The van der Waals surface area contributed by atoms with Crippen LogP contribution in [0.15, 0.2) is 18.2 Å². The van der Waals surface area contributed by atoms with Crippen molar-refractivity contribution >= 4 is 0 Å². The molecule has 2 rings (SSSR count). The monoisotopic (exact) mass is 239 g/mol. The Bertz CT molecular complexity index is 384. The van der Waals surface area contributed by atoms with E-state index in [0.29, 0.717) is 18.8 Å². The molecule has 1 aliphatic heterocycles. The molecule has 2 N–H and O–H groups in total. The summed E-state index contributed by atoms with van der Waals surface area (Å²) in [6.07, 6.45) is 1.56. The van der Waals surface area contributed by atoms with Crippen LogP contribution in [0.25, 0.3) is 0 Å². The van der Waals surface area contributed by atoms with E-state index in [1.807, 2.05) is 0 Å². The third-order valence-corrected chi connectivity index (χ3v) is 3.26. The van der Waals surface area contributed by atoms with Crippen LogP contribution in [0, 0.1) is 11.7 Å². The quantitative estimate of drug-likeness (QED) is 0.873. The minimum atomic E-state index is -0.244. The highest BCUT2D eigenvalue weighted by Crippen LogP contribution is 2.25. The van der Waals surface area contributed by atoms with Gasteiger partial charge >= 0.3 is 0 Å². The summed E-state index contributed by atoms with van der Waals surface area (Å²) in [5.74, 6) is 0.703. The summed E-state index contributed by atoms with van der Waals surface area (Å²) in [7, 11) is 1.59. The highest BCUT2D eigenvalue weighted by molar-refractivity contribution is 5.34. The van der Waals surface area contributed by atoms with Gasteiger partial charge in [-0.05, 0) is 36.6 Å². The summed E-state index contributed by atoms with van der Waals surface area (Å²) < 4.78 is 23.9. The van der Waals surface area contributed by atoms with E-state index in [4.69, 9.17) is 15.2 Å². The molecular formula is C13H18FNO2. The molecule has 0 aromatic heterocycles. The second-order valence-corrected chi connectivity index (χ2v) is 4.45. The summed E-state index contributed by atoms with van der Waals surface area (Å²) in [6, 6.07) is 4.69. The maximum Gasteiger partial charge on any atom is 0.123 e. The van der Waals surface area contributed by atoms with Crippen molar-refractivity contribution in [3.63, 3.8) is 0 Å². The lowest BCUT2D eigenvalue weighted by Gasteiger charge is -2.29. The van der Waals surface area contributed by atoms with Crippen molar-refractivity contribution in [1.29, 1.82) is 0 Å². The summed E-state index contributed by atoms with van der Waals surface area (Å²) in [5, 5.41) is 0. The van der Waals surface area contributed by atoms with Gasteiger partial charge in [-0.1, -0.05) is 0 Å². The Morgan fingerprint density at radius 2 is 2.35 bits per heavy atom. The molecule has 3 nitrogen and oxygen atoms in total. The summed E-state index contributed by atoms with van der Waals surface area (Å²) >= 11 is 0. The molecule has 4 heteroatoms. The van der Waals surface area contributed by atoms with Gasteiger partial charge in [-0.2, -0.15) is 0 Å². The standard InChI is InChI=1S/C13H18FNO2/c1-16-13-3-2-11(14)7-9(13)6-10-8-17-5-4-12(10)15/h2-3,7,10,12H,4-6,8,15H2,1H3. The van der Waals surface area contributed by atoms with E-state index in [2.05, 4.69) is 0 Å². The normalized spacial score (nSPS) is 24.6. The van der Waals surface area contributed by atoms with Crippen LogP contribution in [0.1, 0.15) is 12.0 Å². The Labute approximate surface area is 101 Å². The van der Waals surface area contributed by atoms with Gasteiger partial charge < -0.3 is 15.2 Å². The lowest BCUT2D eigenvalue weighted by Crippen LogP contribution is -2.39. The molecule has 1 aromatic carbocycles. The molecule has 17 heavy (non-hydrogen) atoms. The van der Waals surface area contributed by atoms with E-state index in [0.717, 1.165) is 18.6 Å². The molecule has 1 saturated heterocycles. The average molecular weight is 239 g/mol. The Morgan fingerprint density at radius 1 is 1.53 bits per heavy atom. The third-order valence-electron chi connectivity index (χ3n) is 3.26. The molecule has 0 amide bonds. The van der Waals surface area contributed by atoms with E-state index >= 15 is 0 Å². The lowest BCUT2D eigenvalue weighted by molar-refractivity contribution is 0.0420. The number of hydrogen-bond acceptors (Lipinski definition) is 3. The van der Waals surface area contributed by atoms with Gasteiger partial charge in [0.05, 0.1) is 13.7 Å². The van der Waals surface area contributed by atoms with Crippen LogP contribution in [0.3, 0.4) is 0 Å². The van der Waals surface area contributed by atoms with Crippen LogP contribution >= 0.6 is 0 Å². The first-order valence-corrected chi connectivity index (χ1v) is 5.86. The van der Waals surface area contributed by atoms with Gasteiger partial charge in [0, 0.05) is 18.6 Å². The van der Waals surface area contributed by atoms with Crippen molar-refractivity contribution in [2.24, 2.45) is 11.7 Å². The van der Waals surface area contributed by atoms with E-state index in [1.54, 1.807) is 13.2 Å². The molecular weight excluding hydrogens is 221 g/mol. The maximum atomic E-state index is 13.2. The molecule has 1 heterocycles. The van der Waals surface area contributed by atoms with Crippen molar-refractivity contribution in [3.05, 3.63) is 29.6 Å². The molecule has 0 bridgehead atoms. The molecule has 2 unspecified atom stereocenters. The Hall–Kier alpha value is -1.13. The molecule has 1 fully saturated rings. The fourth-order valence-corrected chi connectivity index (χ4v) is 2.21. The van der Waals surface area contributed by atoms with Gasteiger partial charge in [0.2, 0.25) is 0 Å². The van der Waals surface area contributed by atoms with Crippen molar-refractivity contribution in [2.45, 2.75) is 18.9 Å². The molecule has 0 radical (unpaired) electrons. The number of methoxy groups -OCH3 is 1. The summed E-state index contributed by atoms with van der Waals surface area (Å²) in [5.41, 5.74) is 6.90. The second kappa shape index (κ2) is 5.47. The zero-order chi connectivity index (χ0) is 12.3. The van der Waals surface area contributed by atoms with E-state index < -0.39 is 0 Å². The first kappa shape index (κ1) is 12.3. The lowest BCUT2D eigenvalue weighted by atomic mass is 9.90. The molecule has 0 saturated carbocycles. The number of halogens is 1. The molecule has 0 spiro atoms. The van der Waals surface area contributed by atoms with Crippen molar-refractivity contribution in [2.75, 3.05) is 20.3 Å². The zero-order valence-electron chi connectivity index (χ0n) is 9.99. The van der Waals surface area contributed by atoms with Crippen LogP contribution in [0.4, 0.5) is 4.39 Å². The number of hydrogen-bond donors (Lipinski definition) is 1. The molecule has 0 aliphatic carbocycles.